The van der Waals surface area contributed by atoms with Gasteiger partial charge < -0.3 is 15.1 Å². The number of halogens is 1. The normalized spacial score (nSPS) is 23.3. The Balaban J connectivity index is 0.00000294. The van der Waals surface area contributed by atoms with Crippen molar-refractivity contribution in [2.45, 2.75) is 57.0 Å². The van der Waals surface area contributed by atoms with Crippen LogP contribution in [0, 0.1) is 0 Å². The van der Waals surface area contributed by atoms with E-state index in [0.29, 0.717) is 18.0 Å². The fraction of sp³-hybridized carbons (Fsp3) is 0.667. The van der Waals surface area contributed by atoms with E-state index in [1.54, 1.807) is 11.6 Å². The fourth-order valence-electron chi connectivity index (χ4n) is 6.80. The Morgan fingerprint density at radius 1 is 0.763 bits per heavy atom. The predicted octanol–water partition coefficient (Wildman–Crippen LogP) is 1.28. The maximum absolute atomic E-state index is 13.1. The number of imidazole rings is 1. The zero-order valence-electron chi connectivity index (χ0n) is 22.3. The molecule has 0 bridgehead atoms. The van der Waals surface area contributed by atoms with Crippen LogP contribution in [0.4, 0.5) is 5.69 Å². The molecule has 1 N–H and O–H groups in total. The fourth-order valence-corrected chi connectivity index (χ4v) is 6.80. The van der Waals surface area contributed by atoms with E-state index in [-0.39, 0.29) is 42.8 Å². The lowest BCUT2D eigenvalue weighted by molar-refractivity contribution is -0.131. The van der Waals surface area contributed by atoms with E-state index in [1.807, 2.05) is 18.2 Å². The maximum atomic E-state index is 13.1. The van der Waals surface area contributed by atoms with E-state index >= 15 is 0 Å². The van der Waals surface area contributed by atoms with Crippen LogP contribution < -0.4 is 20.9 Å². The molecule has 5 heterocycles. The molecule has 0 saturated carbocycles. The summed E-state index contributed by atoms with van der Waals surface area (Å²) in [5.74, 6) is -0.625. The number of nitrogens with zero attached hydrogens (tertiary/aromatic N) is 6. The largest absolute Gasteiger partial charge is 0.369 e. The molecular formula is C27H40ClN7O3. The molecule has 2 amide bonds. The number of nitrogens with one attached hydrogen (secondary N) is 1. The third-order valence-corrected chi connectivity index (χ3v) is 8.99. The SMILES string of the molecule is Cl.Cn1c(=O)n(N2C(=O)CCCC2=O)c2ccc(N3CCN(C4CCN(C5CCNCC5)CC4)CC3)cc21. The standard InChI is InChI=1S/C27H39N7O3.ClH/c1-29-24-19-22(5-6-23(24)33(27(29)37)34-25(35)3-2-4-26(34)36)32-17-15-31(16-18-32)21-9-13-30(14-10-21)20-7-11-28-12-8-20;/h5-6,19-21,28H,2-4,7-18H2,1H3;1H. The molecule has 4 fully saturated rings. The summed E-state index contributed by atoms with van der Waals surface area (Å²) < 4.78 is 2.80. The first-order valence-electron chi connectivity index (χ1n) is 14.0. The van der Waals surface area contributed by atoms with Gasteiger partial charge in [0.2, 0.25) is 11.8 Å². The highest BCUT2D eigenvalue weighted by Crippen LogP contribution is 2.26. The van der Waals surface area contributed by atoms with E-state index in [2.05, 4.69) is 20.0 Å². The molecule has 11 heteroatoms. The van der Waals surface area contributed by atoms with E-state index in [4.69, 9.17) is 0 Å². The summed E-state index contributed by atoms with van der Waals surface area (Å²) in [6.45, 7) is 8.77. The number of piperidine rings is 3. The smallest absolute Gasteiger partial charge is 0.348 e. The van der Waals surface area contributed by atoms with Gasteiger partial charge in [-0.15, -0.1) is 12.4 Å². The summed E-state index contributed by atoms with van der Waals surface area (Å²) in [5, 5.41) is 4.53. The van der Waals surface area contributed by atoms with Crippen molar-refractivity contribution in [1.29, 1.82) is 0 Å². The zero-order valence-corrected chi connectivity index (χ0v) is 23.1. The number of aromatic nitrogens is 2. The molecule has 0 atom stereocenters. The van der Waals surface area contributed by atoms with Crippen LogP contribution >= 0.6 is 12.4 Å². The van der Waals surface area contributed by atoms with Gasteiger partial charge in [0, 0.05) is 63.8 Å². The number of hydrogen-bond donors (Lipinski definition) is 1. The van der Waals surface area contributed by atoms with Gasteiger partial charge in [0.15, 0.2) is 0 Å². The summed E-state index contributed by atoms with van der Waals surface area (Å²) in [6.07, 6.45) is 6.21. The highest BCUT2D eigenvalue weighted by atomic mass is 35.5. The second-order valence-corrected chi connectivity index (χ2v) is 11.1. The monoisotopic (exact) mass is 545 g/mol. The molecule has 0 radical (unpaired) electrons. The van der Waals surface area contributed by atoms with Crippen LogP contribution in [0.2, 0.25) is 0 Å². The first kappa shape index (κ1) is 27.2. The van der Waals surface area contributed by atoms with E-state index in [0.717, 1.165) is 61.5 Å². The number of imide groups is 1. The van der Waals surface area contributed by atoms with Crippen molar-refractivity contribution in [3.63, 3.8) is 0 Å². The third kappa shape index (κ3) is 4.99. The average molecular weight is 546 g/mol. The minimum absolute atomic E-state index is 0. The predicted molar refractivity (Wildman–Crippen MR) is 151 cm³/mol. The highest BCUT2D eigenvalue weighted by molar-refractivity contribution is 6.11. The lowest BCUT2D eigenvalue weighted by atomic mass is 9.97. The zero-order chi connectivity index (χ0) is 25.5. The number of anilines is 1. The summed E-state index contributed by atoms with van der Waals surface area (Å²) in [4.78, 5) is 45.9. The van der Waals surface area contributed by atoms with Gasteiger partial charge in [-0.05, 0) is 76.5 Å². The van der Waals surface area contributed by atoms with Crippen LogP contribution in [-0.4, -0.2) is 95.3 Å². The second kappa shape index (κ2) is 11.4. The van der Waals surface area contributed by atoms with Gasteiger partial charge in [-0.25, -0.2) is 4.79 Å². The van der Waals surface area contributed by atoms with E-state index in [1.165, 1.54) is 43.4 Å². The van der Waals surface area contributed by atoms with Gasteiger partial charge in [-0.2, -0.15) is 9.69 Å². The molecule has 4 saturated heterocycles. The van der Waals surface area contributed by atoms with Crippen LogP contribution in [0.3, 0.4) is 0 Å². The molecule has 6 rings (SSSR count). The van der Waals surface area contributed by atoms with Gasteiger partial charge in [0.1, 0.15) is 0 Å². The lowest BCUT2D eigenvalue weighted by Crippen LogP contribution is -2.55. The highest BCUT2D eigenvalue weighted by Gasteiger charge is 2.33. The number of rotatable bonds is 4. The first-order chi connectivity index (χ1) is 18.0. The number of carbonyl (C=O) groups excluding carboxylic acids is 2. The number of likely N-dealkylation sites (tertiary alicyclic amines) is 1. The Morgan fingerprint density at radius 3 is 2.03 bits per heavy atom. The first-order valence-corrected chi connectivity index (χ1v) is 14.0. The molecule has 38 heavy (non-hydrogen) atoms. The van der Waals surface area contributed by atoms with Gasteiger partial charge >= 0.3 is 5.69 Å². The summed E-state index contributed by atoms with van der Waals surface area (Å²) in [6, 6.07) is 7.37. The van der Waals surface area contributed by atoms with Crippen molar-refractivity contribution >= 4 is 40.9 Å². The molecule has 2 aromatic rings. The topological polar surface area (TPSA) is 86.1 Å². The van der Waals surface area contributed by atoms with Crippen molar-refractivity contribution in [1.82, 2.24) is 24.4 Å². The second-order valence-electron chi connectivity index (χ2n) is 11.1. The van der Waals surface area contributed by atoms with Gasteiger partial charge in [0.05, 0.1) is 11.0 Å². The van der Waals surface area contributed by atoms with Crippen molar-refractivity contribution in [3.05, 3.63) is 28.7 Å². The Bertz CT molecular complexity index is 1210. The molecule has 4 aliphatic rings. The lowest BCUT2D eigenvalue weighted by Gasteiger charge is -2.45. The number of fused-ring (bicyclic) bond motifs is 1. The van der Waals surface area contributed by atoms with Crippen LogP contribution in [0.25, 0.3) is 11.0 Å². The molecule has 4 aliphatic heterocycles. The minimum Gasteiger partial charge on any atom is -0.369 e. The molecule has 10 nitrogen and oxygen atoms in total. The Hall–Kier alpha value is -2.40. The van der Waals surface area contributed by atoms with Crippen LogP contribution in [0.15, 0.2) is 23.0 Å². The average Bonchev–Trinajstić information content (AvgIpc) is 3.18. The molecule has 1 aromatic carbocycles. The Kier molecular flexibility index (Phi) is 8.14. The van der Waals surface area contributed by atoms with Crippen molar-refractivity contribution in [2.75, 3.05) is 62.3 Å². The van der Waals surface area contributed by atoms with Crippen LogP contribution in [0.5, 0.6) is 0 Å². The number of hydrogen-bond acceptors (Lipinski definition) is 7. The number of aryl methyl sites for hydroxylation is 1. The Labute approximate surface area is 229 Å². The van der Waals surface area contributed by atoms with Crippen LogP contribution in [-0.2, 0) is 16.6 Å². The molecule has 0 aliphatic carbocycles. The van der Waals surface area contributed by atoms with Gasteiger partial charge in [0.25, 0.3) is 0 Å². The van der Waals surface area contributed by atoms with E-state index in [9.17, 15) is 14.4 Å². The summed E-state index contributed by atoms with van der Waals surface area (Å²) in [5.41, 5.74) is 2.05. The summed E-state index contributed by atoms with van der Waals surface area (Å²) in [7, 11) is 1.71. The van der Waals surface area contributed by atoms with Crippen molar-refractivity contribution in [3.8, 4) is 0 Å². The van der Waals surface area contributed by atoms with Crippen LogP contribution in [0.1, 0.15) is 44.9 Å². The third-order valence-electron chi connectivity index (χ3n) is 8.99. The quantitative estimate of drug-likeness (QED) is 0.579. The Morgan fingerprint density at radius 2 is 1.37 bits per heavy atom. The van der Waals surface area contributed by atoms with Gasteiger partial charge in [-0.3, -0.25) is 19.1 Å². The molecular weight excluding hydrogens is 506 g/mol. The maximum Gasteiger partial charge on any atom is 0.348 e. The molecule has 1 aromatic heterocycles. The number of piperazine rings is 1. The summed E-state index contributed by atoms with van der Waals surface area (Å²) >= 11 is 0. The number of carbonyl (C=O) groups is 2. The van der Waals surface area contributed by atoms with Gasteiger partial charge in [-0.1, -0.05) is 0 Å². The van der Waals surface area contributed by atoms with Crippen molar-refractivity contribution < 1.29 is 9.59 Å². The molecule has 0 unspecified atom stereocenters. The van der Waals surface area contributed by atoms with Crippen molar-refractivity contribution in [2.24, 2.45) is 7.05 Å². The molecule has 208 valence electrons. The van der Waals surface area contributed by atoms with E-state index < -0.39 is 0 Å². The number of benzene rings is 1. The number of amides is 2. The minimum atomic E-state index is -0.364. The molecule has 0 spiro atoms.